The molecule has 0 atom stereocenters. The highest BCUT2D eigenvalue weighted by Crippen LogP contribution is 2.02. The first-order valence-electron chi connectivity index (χ1n) is 3.88. The standard InChI is InChI=1S/C8H16NO/c1-8(2)7-9-3-5-10-6-4-9/h3-7H2,1-2H3. The van der Waals surface area contributed by atoms with E-state index in [2.05, 4.69) is 18.7 Å². The molecule has 0 aromatic heterocycles. The van der Waals surface area contributed by atoms with E-state index in [9.17, 15) is 0 Å². The average Bonchev–Trinajstić information content (AvgIpc) is 1.88. The fraction of sp³-hybridized carbons (Fsp3) is 0.875. The molecule has 0 unspecified atom stereocenters. The molecule has 1 saturated heterocycles. The SMILES string of the molecule is C[C](C)CN1CCOCC1. The van der Waals surface area contributed by atoms with Crippen molar-refractivity contribution >= 4 is 0 Å². The van der Waals surface area contributed by atoms with Gasteiger partial charge in [0, 0.05) is 19.6 Å². The van der Waals surface area contributed by atoms with Gasteiger partial charge in [0.1, 0.15) is 0 Å². The van der Waals surface area contributed by atoms with E-state index in [-0.39, 0.29) is 0 Å². The Morgan fingerprint density at radius 2 is 1.90 bits per heavy atom. The van der Waals surface area contributed by atoms with E-state index in [0.29, 0.717) is 0 Å². The lowest BCUT2D eigenvalue weighted by atomic mass is 10.2. The Kier molecular flexibility index (Phi) is 3.16. The third kappa shape index (κ3) is 2.67. The van der Waals surface area contributed by atoms with Gasteiger partial charge in [-0.2, -0.15) is 0 Å². The van der Waals surface area contributed by atoms with Crippen LogP contribution in [0.15, 0.2) is 0 Å². The number of hydrogen-bond donors (Lipinski definition) is 0. The summed E-state index contributed by atoms with van der Waals surface area (Å²) in [4.78, 5) is 2.43. The minimum Gasteiger partial charge on any atom is -0.379 e. The van der Waals surface area contributed by atoms with E-state index < -0.39 is 0 Å². The first-order chi connectivity index (χ1) is 4.79. The lowest BCUT2D eigenvalue weighted by Gasteiger charge is -2.27. The Balaban J connectivity index is 2.13. The van der Waals surface area contributed by atoms with Gasteiger partial charge in [-0.3, -0.25) is 4.90 Å². The quantitative estimate of drug-likeness (QED) is 0.569. The predicted molar refractivity (Wildman–Crippen MR) is 41.9 cm³/mol. The van der Waals surface area contributed by atoms with Gasteiger partial charge in [0.15, 0.2) is 0 Å². The molecule has 2 heteroatoms. The van der Waals surface area contributed by atoms with Crippen molar-refractivity contribution in [3.05, 3.63) is 5.92 Å². The van der Waals surface area contributed by atoms with Crippen molar-refractivity contribution < 1.29 is 4.74 Å². The lowest BCUT2D eigenvalue weighted by molar-refractivity contribution is 0.0401. The maximum absolute atomic E-state index is 5.23. The highest BCUT2D eigenvalue weighted by molar-refractivity contribution is 4.82. The monoisotopic (exact) mass is 142 g/mol. The molecule has 10 heavy (non-hydrogen) atoms. The van der Waals surface area contributed by atoms with Crippen molar-refractivity contribution in [2.45, 2.75) is 13.8 Å². The van der Waals surface area contributed by atoms with E-state index in [0.717, 1.165) is 32.8 Å². The zero-order valence-corrected chi connectivity index (χ0v) is 6.89. The molecular weight excluding hydrogens is 126 g/mol. The van der Waals surface area contributed by atoms with Crippen molar-refractivity contribution in [3.8, 4) is 0 Å². The molecule has 59 valence electrons. The molecule has 1 radical (unpaired) electrons. The van der Waals surface area contributed by atoms with Gasteiger partial charge in [0.25, 0.3) is 0 Å². The van der Waals surface area contributed by atoms with Crippen LogP contribution in [0, 0.1) is 5.92 Å². The van der Waals surface area contributed by atoms with Crippen LogP contribution in [-0.4, -0.2) is 37.7 Å². The van der Waals surface area contributed by atoms with Gasteiger partial charge in [-0.05, 0) is 5.92 Å². The Bertz CT molecular complexity index is 87.3. The number of nitrogens with zero attached hydrogens (tertiary/aromatic N) is 1. The van der Waals surface area contributed by atoms with E-state index in [1.165, 1.54) is 5.92 Å². The molecule has 0 spiro atoms. The smallest absolute Gasteiger partial charge is 0.0594 e. The summed E-state index contributed by atoms with van der Waals surface area (Å²) in [7, 11) is 0. The molecule has 0 bridgehead atoms. The Hall–Kier alpha value is -0.0800. The van der Waals surface area contributed by atoms with Gasteiger partial charge >= 0.3 is 0 Å². The van der Waals surface area contributed by atoms with Crippen LogP contribution in [-0.2, 0) is 4.74 Å². The Morgan fingerprint density at radius 3 is 2.40 bits per heavy atom. The van der Waals surface area contributed by atoms with E-state index in [1.54, 1.807) is 0 Å². The largest absolute Gasteiger partial charge is 0.379 e. The minimum absolute atomic E-state index is 0.910. The first-order valence-corrected chi connectivity index (χ1v) is 3.88. The van der Waals surface area contributed by atoms with E-state index in [4.69, 9.17) is 4.74 Å². The molecule has 1 fully saturated rings. The molecule has 1 heterocycles. The minimum atomic E-state index is 0.910. The average molecular weight is 142 g/mol. The van der Waals surface area contributed by atoms with Gasteiger partial charge in [-0.25, -0.2) is 0 Å². The fourth-order valence-electron chi connectivity index (χ4n) is 1.21. The molecule has 0 N–H and O–H groups in total. The number of morpholine rings is 1. The summed E-state index contributed by atoms with van der Waals surface area (Å²) in [6, 6.07) is 0. The maximum atomic E-state index is 5.23. The van der Waals surface area contributed by atoms with Crippen LogP contribution in [0.2, 0.25) is 0 Å². The second-order valence-electron chi connectivity index (χ2n) is 3.10. The first kappa shape index (κ1) is 8.02. The van der Waals surface area contributed by atoms with E-state index in [1.807, 2.05) is 0 Å². The summed E-state index contributed by atoms with van der Waals surface area (Å²) in [6.07, 6.45) is 0. The van der Waals surface area contributed by atoms with E-state index >= 15 is 0 Å². The van der Waals surface area contributed by atoms with Crippen molar-refractivity contribution in [1.82, 2.24) is 4.90 Å². The molecule has 0 saturated carbocycles. The third-order valence-corrected chi connectivity index (χ3v) is 1.64. The summed E-state index contributed by atoms with van der Waals surface area (Å²) in [6.45, 7) is 9.52. The third-order valence-electron chi connectivity index (χ3n) is 1.64. The zero-order valence-electron chi connectivity index (χ0n) is 6.89. The van der Waals surface area contributed by atoms with Crippen LogP contribution in [0.1, 0.15) is 13.8 Å². The molecule has 0 aromatic carbocycles. The van der Waals surface area contributed by atoms with Crippen LogP contribution in [0.25, 0.3) is 0 Å². The molecule has 1 aliphatic rings. The van der Waals surface area contributed by atoms with Crippen molar-refractivity contribution in [1.29, 1.82) is 0 Å². The topological polar surface area (TPSA) is 12.5 Å². The highest BCUT2D eigenvalue weighted by atomic mass is 16.5. The lowest BCUT2D eigenvalue weighted by Crippen LogP contribution is -2.38. The van der Waals surface area contributed by atoms with Gasteiger partial charge in [-0.15, -0.1) is 0 Å². The van der Waals surface area contributed by atoms with Crippen LogP contribution in [0.4, 0.5) is 0 Å². The molecule has 1 rings (SSSR count). The number of hydrogen-bond acceptors (Lipinski definition) is 2. The summed E-state index contributed by atoms with van der Waals surface area (Å²) < 4.78 is 5.23. The van der Waals surface area contributed by atoms with Crippen LogP contribution >= 0.6 is 0 Å². The highest BCUT2D eigenvalue weighted by Gasteiger charge is 2.10. The Labute approximate surface area is 63.2 Å². The van der Waals surface area contributed by atoms with Crippen LogP contribution < -0.4 is 0 Å². The van der Waals surface area contributed by atoms with Gasteiger partial charge in [0.2, 0.25) is 0 Å². The summed E-state index contributed by atoms with van der Waals surface area (Å²) in [5.74, 6) is 1.49. The van der Waals surface area contributed by atoms with Crippen molar-refractivity contribution in [2.75, 3.05) is 32.8 Å². The number of ether oxygens (including phenoxy) is 1. The summed E-state index contributed by atoms with van der Waals surface area (Å²) >= 11 is 0. The molecule has 1 aliphatic heterocycles. The van der Waals surface area contributed by atoms with Crippen molar-refractivity contribution in [2.24, 2.45) is 0 Å². The molecule has 0 aliphatic carbocycles. The van der Waals surface area contributed by atoms with Gasteiger partial charge < -0.3 is 4.74 Å². The second kappa shape index (κ2) is 3.94. The summed E-state index contributed by atoms with van der Waals surface area (Å²) in [5.41, 5.74) is 0. The second-order valence-corrected chi connectivity index (χ2v) is 3.10. The van der Waals surface area contributed by atoms with Crippen molar-refractivity contribution in [3.63, 3.8) is 0 Å². The van der Waals surface area contributed by atoms with Gasteiger partial charge in [0.05, 0.1) is 13.2 Å². The summed E-state index contributed by atoms with van der Waals surface area (Å²) in [5, 5.41) is 0. The zero-order chi connectivity index (χ0) is 7.40. The normalized spacial score (nSPS) is 21.9. The fourth-order valence-corrected chi connectivity index (χ4v) is 1.21. The van der Waals surface area contributed by atoms with Crippen LogP contribution in [0.3, 0.4) is 0 Å². The van der Waals surface area contributed by atoms with Gasteiger partial charge in [-0.1, -0.05) is 13.8 Å². The molecule has 0 amide bonds. The molecule has 0 aromatic rings. The molecular formula is C8H16NO. The van der Waals surface area contributed by atoms with Crippen LogP contribution in [0.5, 0.6) is 0 Å². The number of rotatable bonds is 2. The maximum Gasteiger partial charge on any atom is 0.0594 e. The molecule has 2 nitrogen and oxygen atoms in total. The predicted octanol–water partition coefficient (Wildman–Crippen LogP) is 0.933. The Morgan fingerprint density at radius 1 is 1.30 bits per heavy atom.